The summed E-state index contributed by atoms with van der Waals surface area (Å²) >= 11 is 0. The zero-order chi connectivity index (χ0) is 11.4. The Hall–Kier alpha value is -2.35. The van der Waals surface area contributed by atoms with E-state index in [1.165, 1.54) is 6.39 Å². The molecule has 16 heavy (non-hydrogen) atoms. The average molecular weight is 214 g/mol. The van der Waals surface area contributed by atoms with Gasteiger partial charge in [0, 0.05) is 0 Å². The third kappa shape index (κ3) is 2.17. The Morgan fingerprint density at radius 2 is 2.38 bits per heavy atom. The van der Waals surface area contributed by atoms with Gasteiger partial charge in [-0.15, -0.1) is 0 Å². The van der Waals surface area contributed by atoms with Crippen LogP contribution in [0.5, 0.6) is 0 Å². The molecule has 0 aliphatic heterocycles. The summed E-state index contributed by atoms with van der Waals surface area (Å²) in [5.74, 6) is 0.560. The summed E-state index contributed by atoms with van der Waals surface area (Å²) in [6.07, 6.45) is 1.28. The number of nitrogens with one attached hydrogen (secondary N) is 1. The van der Waals surface area contributed by atoms with Gasteiger partial charge in [0.1, 0.15) is 6.07 Å². The maximum atomic E-state index is 8.96. The molecule has 0 radical (unpaired) electrons. The number of aromatic nitrogens is 2. The lowest BCUT2D eigenvalue weighted by molar-refractivity contribution is 0.411. The van der Waals surface area contributed by atoms with E-state index in [1.807, 2.05) is 25.1 Å². The molecule has 0 saturated heterocycles. The standard InChI is InChI=1S/C11H10N4O/c1-8-2-3-10(9(4-8)5-12)13-6-11-14-7-16-15-11/h2-4,7,13H,6H2,1H3. The Morgan fingerprint density at radius 1 is 1.50 bits per heavy atom. The van der Waals surface area contributed by atoms with Crippen LogP contribution in [0.1, 0.15) is 17.0 Å². The smallest absolute Gasteiger partial charge is 0.213 e. The van der Waals surface area contributed by atoms with Crippen LogP contribution in [0, 0.1) is 18.3 Å². The van der Waals surface area contributed by atoms with E-state index in [-0.39, 0.29) is 0 Å². The highest BCUT2D eigenvalue weighted by Crippen LogP contribution is 2.16. The first-order chi connectivity index (χ1) is 7.79. The first-order valence-electron chi connectivity index (χ1n) is 4.79. The number of hydrogen-bond donors (Lipinski definition) is 1. The molecule has 1 aromatic carbocycles. The molecule has 0 bridgehead atoms. The molecule has 0 fully saturated rings. The molecule has 0 aliphatic rings. The van der Waals surface area contributed by atoms with Gasteiger partial charge in [-0.25, -0.2) is 0 Å². The van der Waals surface area contributed by atoms with Gasteiger partial charge in [0.05, 0.1) is 17.8 Å². The Morgan fingerprint density at radius 3 is 3.06 bits per heavy atom. The summed E-state index contributed by atoms with van der Waals surface area (Å²) < 4.78 is 4.61. The summed E-state index contributed by atoms with van der Waals surface area (Å²) in [6.45, 7) is 2.39. The van der Waals surface area contributed by atoms with Crippen LogP contribution in [0.4, 0.5) is 5.69 Å². The van der Waals surface area contributed by atoms with Crippen LogP contribution < -0.4 is 5.32 Å². The SMILES string of the molecule is Cc1ccc(NCc2ncon2)c(C#N)c1. The molecule has 0 atom stereocenters. The Kier molecular flexibility index (Phi) is 2.83. The van der Waals surface area contributed by atoms with Gasteiger partial charge >= 0.3 is 0 Å². The summed E-state index contributed by atoms with van der Waals surface area (Å²) in [5.41, 5.74) is 2.45. The minimum absolute atomic E-state index is 0.439. The van der Waals surface area contributed by atoms with Crippen molar-refractivity contribution in [2.75, 3.05) is 5.32 Å². The molecule has 1 N–H and O–H groups in total. The summed E-state index contributed by atoms with van der Waals surface area (Å²) in [6, 6.07) is 7.78. The van der Waals surface area contributed by atoms with E-state index in [0.29, 0.717) is 17.9 Å². The molecule has 0 unspecified atom stereocenters. The second-order valence-corrected chi connectivity index (χ2v) is 3.36. The molecule has 5 nitrogen and oxygen atoms in total. The zero-order valence-corrected chi connectivity index (χ0v) is 8.77. The molecule has 0 aliphatic carbocycles. The van der Waals surface area contributed by atoms with Crippen molar-refractivity contribution in [2.45, 2.75) is 13.5 Å². The number of rotatable bonds is 3. The molecule has 0 amide bonds. The van der Waals surface area contributed by atoms with Crippen molar-refractivity contribution in [3.8, 4) is 6.07 Å². The first-order valence-corrected chi connectivity index (χ1v) is 4.79. The summed E-state index contributed by atoms with van der Waals surface area (Å²) in [7, 11) is 0. The molecule has 0 spiro atoms. The zero-order valence-electron chi connectivity index (χ0n) is 8.77. The third-order valence-corrected chi connectivity index (χ3v) is 2.14. The van der Waals surface area contributed by atoms with Gasteiger partial charge in [0.25, 0.3) is 0 Å². The molecule has 0 saturated carbocycles. The van der Waals surface area contributed by atoms with Gasteiger partial charge in [-0.2, -0.15) is 10.2 Å². The van der Waals surface area contributed by atoms with Gasteiger partial charge in [-0.3, -0.25) is 0 Å². The highest BCUT2D eigenvalue weighted by atomic mass is 16.5. The fourth-order valence-corrected chi connectivity index (χ4v) is 1.35. The van der Waals surface area contributed by atoms with Crippen molar-refractivity contribution in [3.63, 3.8) is 0 Å². The molecule has 1 aromatic heterocycles. The fourth-order valence-electron chi connectivity index (χ4n) is 1.35. The van der Waals surface area contributed by atoms with Gasteiger partial charge in [0.15, 0.2) is 5.82 Å². The van der Waals surface area contributed by atoms with E-state index in [0.717, 1.165) is 11.3 Å². The monoisotopic (exact) mass is 214 g/mol. The van der Waals surface area contributed by atoms with Crippen molar-refractivity contribution in [3.05, 3.63) is 41.5 Å². The lowest BCUT2D eigenvalue weighted by Crippen LogP contribution is -2.02. The van der Waals surface area contributed by atoms with Crippen LogP contribution in [-0.2, 0) is 6.54 Å². The number of aryl methyl sites for hydroxylation is 1. The highest BCUT2D eigenvalue weighted by Gasteiger charge is 2.03. The van der Waals surface area contributed by atoms with Crippen molar-refractivity contribution in [2.24, 2.45) is 0 Å². The van der Waals surface area contributed by atoms with Gasteiger partial charge < -0.3 is 9.84 Å². The van der Waals surface area contributed by atoms with Crippen molar-refractivity contribution in [1.29, 1.82) is 5.26 Å². The quantitative estimate of drug-likeness (QED) is 0.844. The van der Waals surface area contributed by atoms with Gasteiger partial charge in [0.2, 0.25) is 6.39 Å². The van der Waals surface area contributed by atoms with E-state index >= 15 is 0 Å². The topological polar surface area (TPSA) is 74.7 Å². The molecule has 2 aromatic rings. The normalized spacial score (nSPS) is 9.75. The molecular formula is C11H10N4O. The number of anilines is 1. The first kappa shape index (κ1) is 10.2. The van der Waals surface area contributed by atoms with E-state index < -0.39 is 0 Å². The van der Waals surface area contributed by atoms with Gasteiger partial charge in [-0.1, -0.05) is 11.2 Å². The lowest BCUT2D eigenvalue weighted by atomic mass is 10.1. The van der Waals surface area contributed by atoms with E-state index in [2.05, 4.69) is 26.0 Å². The molecule has 5 heteroatoms. The van der Waals surface area contributed by atoms with Crippen LogP contribution in [0.3, 0.4) is 0 Å². The lowest BCUT2D eigenvalue weighted by Gasteiger charge is -2.06. The Bertz CT molecular complexity index is 513. The Labute approximate surface area is 92.7 Å². The van der Waals surface area contributed by atoms with Crippen LogP contribution >= 0.6 is 0 Å². The maximum Gasteiger partial charge on any atom is 0.213 e. The minimum Gasteiger partial charge on any atom is -0.377 e. The number of nitrogens with zero attached hydrogens (tertiary/aromatic N) is 3. The highest BCUT2D eigenvalue weighted by molar-refractivity contribution is 5.58. The molecule has 2 rings (SSSR count). The maximum absolute atomic E-state index is 8.96. The second kappa shape index (κ2) is 4.45. The second-order valence-electron chi connectivity index (χ2n) is 3.36. The molecular weight excluding hydrogens is 204 g/mol. The van der Waals surface area contributed by atoms with Crippen LogP contribution in [0.2, 0.25) is 0 Å². The number of benzene rings is 1. The van der Waals surface area contributed by atoms with Crippen molar-refractivity contribution in [1.82, 2.24) is 10.1 Å². The van der Waals surface area contributed by atoms with Crippen LogP contribution in [0.25, 0.3) is 0 Å². The van der Waals surface area contributed by atoms with E-state index in [9.17, 15) is 0 Å². The van der Waals surface area contributed by atoms with E-state index in [4.69, 9.17) is 5.26 Å². The summed E-state index contributed by atoms with van der Waals surface area (Å²) in [5, 5.41) is 15.7. The van der Waals surface area contributed by atoms with Crippen LogP contribution in [-0.4, -0.2) is 10.1 Å². The predicted molar refractivity (Wildman–Crippen MR) is 57.5 cm³/mol. The predicted octanol–water partition coefficient (Wildman–Crippen LogP) is 1.86. The van der Waals surface area contributed by atoms with Crippen molar-refractivity contribution >= 4 is 5.69 Å². The average Bonchev–Trinajstić information content (AvgIpc) is 2.80. The molecule has 80 valence electrons. The van der Waals surface area contributed by atoms with E-state index in [1.54, 1.807) is 0 Å². The third-order valence-electron chi connectivity index (χ3n) is 2.14. The fraction of sp³-hybridized carbons (Fsp3) is 0.182. The van der Waals surface area contributed by atoms with Crippen molar-refractivity contribution < 1.29 is 4.52 Å². The minimum atomic E-state index is 0.439. The molecule has 1 heterocycles. The number of hydrogen-bond acceptors (Lipinski definition) is 5. The van der Waals surface area contributed by atoms with Crippen LogP contribution in [0.15, 0.2) is 29.1 Å². The summed E-state index contributed by atoms with van der Waals surface area (Å²) in [4.78, 5) is 3.88. The van der Waals surface area contributed by atoms with Gasteiger partial charge in [-0.05, 0) is 24.6 Å². The largest absolute Gasteiger partial charge is 0.377 e. The Balaban J connectivity index is 2.13. The number of nitriles is 1.